The van der Waals surface area contributed by atoms with Crippen molar-refractivity contribution in [3.05, 3.63) is 53.9 Å². The van der Waals surface area contributed by atoms with Gasteiger partial charge in [0.1, 0.15) is 11.3 Å². The summed E-state index contributed by atoms with van der Waals surface area (Å²) in [6, 6.07) is 10.2. The van der Waals surface area contributed by atoms with E-state index in [1.165, 1.54) is 5.56 Å². The highest BCUT2D eigenvalue weighted by Gasteiger charge is 2.36. The lowest BCUT2D eigenvalue weighted by Gasteiger charge is -2.37. The molecule has 1 saturated heterocycles. The van der Waals surface area contributed by atoms with Crippen LogP contribution in [0.2, 0.25) is 0 Å². The van der Waals surface area contributed by atoms with E-state index in [0.717, 1.165) is 25.9 Å². The average Bonchev–Trinajstić information content (AvgIpc) is 3.04. The summed E-state index contributed by atoms with van der Waals surface area (Å²) in [7, 11) is 0. The molecule has 5 nitrogen and oxygen atoms in total. The van der Waals surface area contributed by atoms with Crippen molar-refractivity contribution in [3.63, 3.8) is 0 Å². The van der Waals surface area contributed by atoms with Crippen molar-refractivity contribution in [2.24, 2.45) is 0 Å². The Hall–Kier alpha value is -1.98. The van der Waals surface area contributed by atoms with Crippen molar-refractivity contribution in [1.82, 2.24) is 20.3 Å². The number of β-amino-alcohol motifs (C(OH)–C–C–N with tert-alkyl or cyclic N) is 1. The molecule has 1 aliphatic heterocycles. The number of aromatic nitrogens is 3. The summed E-state index contributed by atoms with van der Waals surface area (Å²) in [5.41, 5.74) is 0.951. The van der Waals surface area contributed by atoms with Crippen molar-refractivity contribution in [2.75, 3.05) is 19.6 Å². The zero-order valence-electron chi connectivity index (χ0n) is 11.9. The van der Waals surface area contributed by atoms with Gasteiger partial charge in [0.2, 0.25) is 0 Å². The molecule has 2 N–H and O–H groups in total. The van der Waals surface area contributed by atoms with Gasteiger partial charge in [-0.3, -0.25) is 4.90 Å². The molecule has 0 saturated carbocycles. The summed E-state index contributed by atoms with van der Waals surface area (Å²) in [6.07, 6.45) is 7.57. The smallest absolute Gasteiger partial charge is 0.123 e. The van der Waals surface area contributed by atoms with Crippen LogP contribution in [0.15, 0.2) is 42.6 Å². The second-order valence-corrected chi connectivity index (χ2v) is 5.54. The third kappa shape index (κ3) is 3.37. The molecule has 2 aromatic rings. The number of hydrogen-bond donors (Lipinski definition) is 2. The maximum absolute atomic E-state index is 10.7. The molecule has 1 fully saturated rings. The summed E-state index contributed by atoms with van der Waals surface area (Å²) in [5.74, 6) is 0. The Bertz CT molecular complexity index is 582. The van der Waals surface area contributed by atoms with Gasteiger partial charge in [0, 0.05) is 13.1 Å². The van der Waals surface area contributed by atoms with E-state index in [1.54, 1.807) is 6.20 Å². The number of benzene rings is 1. The zero-order chi connectivity index (χ0) is 14.5. The fraction of sp³-hybridized carbons (Fsp3) is 0.375. The molecule has 1 aliphatic rings. The third-order valence-electron chi connectivity index (χ3n) is 3.92. The number of H-pyrrole nitrogens is 1. The molecule has 1 aromatic carbocycles. The molecule has 1 atom stereocenters. The number of aliphatic hydroxyl groups is 1. The highest BCUT2D eigenvalue weighted by molar-refractivity contribution is 5.48. The highest BCUT2D eigenvalue weighted by atomic mass is 16.3. The van der Waals surface area contributed by atoms with Crippen LogP contribution in [-0.2, 0) is 5.60 Å². The largest absolute Gasteiger partial charge is 0.382 e. The monoisotopic (exact) mass is 284 g/mol. The van der Waals surface area contributed by atoms with Crippen LogP contribution in [0.25, 0.3) is 6.08 Å². The molecule has 21 heavy (non-hydrogen) atoms. The lowest BCUT2D eigenvalue weighted by Crippen LogP contribution is -2.46. The van der Waals surface area contributed by atoms with Gasteiger partial charge in [-0.05, 0) is 24.9 Å². The van der Waals surface area contributed by atoms with E-state index in [1.807, 2.05) is 18.2 Å². The van der Waals surface area contributed by atoms with E-state index < -0.39 is 5.60 Å². The van der Waals surface area contributed by atoms with E-state index in [-0.39, 0.29) is 0 Å². The fourth-order valence-corrected chi connectivity index (χ4v) is 2.82. The molecule has 0 aliphatic carbocycles. The first-order chi connectivity index (χ1) is 10.3. The molecular formula is C16H20N4O. The Labute approximate surface area is 124 Å². The summed E-state index contributed by atoms with van der Waals surface area (Å²) >= 11 is 0. The standard InChI is InChI=1S/C16H20N4O/c21-16(15-12-17-19-18-15)9-5-11-20(13-16)10-4-8-14-6-2-1-3-7-14/h1-4,6-8,12,21H,5,9-11,13H2,(H,17,18,19). The second-order valence-electron chi connectivity index (χ2n) is 5.54. The summed E-state index contributed by atoms with van der Waals surface area (Å²) in [4.78, 5) is 2.25. The topological polar surface area (TPSA) is 65.0 Å². The van der Waals surface area contributed by atoms with Crippen LogP contribution in [0.3, 0.4) is 0 Å². The van der Waals surface area contributed by atoms with Gasteiger partial charge < -0.3 is 5.11 Å². The van der Waals surface area contributed by atoms with Crippen LogP contribution in [0.5, 0.6) is 0 Å². The first-order valence-electron chi connectivity index (χ1n) is 7.29. The van der Waals surface area contributed by atoms with Crippen LogP contribution < -0.4 is 0 Å². The first-order valence-corrected chi connectivity index (χ1v) is 7.29. The van der Waals surface area contributed by atoms with E-state index in [0.29, 0.717) is 12.2 Å². The van der Waals surface area contributed by atoms with Crippen LogP contribution in [0.1, 0.15) is 24.1 Å². The van der Waals surface area contributed by atoms with Gasteiger partial charge >= 0.3 is 0 Å². The van der Waals surface area contributed by atoms with Gasteiger partial charge in [-0.15, -0.1) is 0 Å². The molecule has 2 heterocycles. The Morgan fingerprint density at radius 1 is 1.33 bits per heavy atom. The predicted molar refractivity (Wildman–Crippen MR) is 81.4 cm³/mol. The van der Waals surface area contributed by atoms with E-state index in [9.17, 15) is 5.11 Å². The molecule has 0 radical (unpaired) electrons. The van der Waals surface area contributed by atoms with Gasteiger partial charge in [-0.2, -0.15) is 15.4 Å². The normalized spacial score (nSPS) is 23.7. The van der Waals surface area contributed by atoms with Crippen molar-refractivity contribution < 1.29 is 5.11 Å². The number of piperidine rings is 1. The Morgan fingerprint density at radius 3 is 2.95 bits per heavy atom. The molecule has 5 heteroatoms. The molecule has 1 aromatic heterocycles. The minimum atomic E-state index is -0.883. The maximum atomic E-state index is 10.7. The Kier molecular flexibility index (Phi) is 4.13. The molecule has 0 spiro atoms. The molecule has 0 amide bonds. The van der Waals surface area contributed by atoms with Crippen LogP contribution >= 0.6 is 0 Å². The van der Waals surface area contributed by atoms with Crippen LogP contribution in [-0.4, -0.2) is 45.1 Å². The molecular weight excluding hydrogens is 264 g/mol. The lowest BCUT2D eigenvalue weighted by atomic mass is 9.90. The third-order valence-corrected chi connectivity index (χ3v) is 3.92. The summed E-state index contributed by atoms with van der Waals surface area (Å²) in [5, 5.41) is 21.2. The van der Waals surface area contributed by atoms with Gasteiger partial charge in [0.25, 0.3) is 0 Å². The SMILES string of the molecule is OC1(c2cn[nH]n2)CCCN(CC=Cc2ccccc2)C1. The van der Waals surface area contributed by atoms with Gasteiger partial charge in [-0.25, -0.2) is 0 Å². The van der Waals surface area contributed by atoms with Crippen LogP contribution in [0.4, 0.5) is 0 Å². The van der Waals surface area contributed by atoms with Crippen LogP contribution in [0, 0.1) is 0 Å². The number of aromatic amines is 1. The van der Waals surface area contributed by atoms with Gasteiger partial charge in [-0.1, -0.05) is 42.5 Å². The first kappa shape index (κ1) is 14.0. The molecule has 1 unspecified atom stereocenters. The summed E-state index contributed by atoms with van der Waals surface area (Å²) in [6.45, 7) is 2.42. The number of likely N-dealkylation sites (tertiary alicyclic amines) is 1. The quantitative estimate of drug-likeness (QED) is 0.898. The van der Waals surface area contributed by atoms with Gasteiger partial charge in [0.05, 0.1) is 6.20 Å². The maximum Gasteiger partial charge on any atom is 0.123 e. The molecule has 0 bridgehead atoms. The minimum Gasteiger partial charge on any atom is -0.382 e. The highest BCUT2D eigenvalue weighted by Crippen LogP contribution is 2.29. The Morgan fingerprint density at radius 2 is 2.19 bits per heavy atom. The lowest BCUT2D eigenvalue weighted by molar-refractivity contribution is -0.0355. The number of nitrogens with zero attached hydrogens (tertiary/aromatic N) is 3. The molecule has 3 rings (SSSR count). The summed E-state index contributed by atoms with van der Waals surface area (Å²) < 4.78 is 0. The van der Waals surface area contributed by atoms with Crippen molar-refractivity contribution in [2.45, 2.75) is 18.4 Å². The zero-order valence-corrected chi connectivity index (χ0v) is 11.9. The minimum absolute atomic E-state index is 0.596. The Balaban J connectivity index is 1.61. The van der Waals surface area contributed by atoms with E-state index in [4.69, 9.17) is 0 Å². The number of nitrogens with one attached hydrogen (secondary N) is 1. The fourth-order valence-electron chi connectivity index (χ4n) is 2.82. The van der Waals surface area contributed by atoms with Crippen molar-refractivity contribution >= 4 is 6.08 Å². The predicted octanol–water partition coefficient (Wildman–Crippen LogP) is 1.80. The number of hydrogen-bond acceptors (Lipinski definition) is 4. The number of rotatable bonds is 4. The van der Waals surface area contributed by atoms with Crippen molar-refractivity contribution in [3.8, 4) is 0 Å². The molecule has 110 valence electrons. The van der Waals surface area contributed by atoms with Crippen molar-refractivity contribution in [1.29, 1.82) is 0 Å². The second kappa shape index (κ2) is 6.20. The van der Waals surface area contributed by atoms with Gasteiger partial charge in [0.15, 0.2) is 0 Å². The average molecular weight is 284 g/mol. The van der Waals surface area contributed by atoms with E-state index >= 15 is 0 Å². The van der Waals surface area contributed by atoms with E-state index in [2.05, 4.69) is 44.6 Å².